The molecule has 9 heavy (non-hydrogen) atoms. The molecule has 0 spiro atoms. The molecule has 1 amide bonds. The number of rotatable bonds is 0. The van der Waals surface area contributed by atoms with E-state index < -0.39 is 0 Å². The third-order valence-corrected chi connectivity index (χ3v) is 2.71. The van der Waals surface area contributed by atoms with Gasteiger partial charge in [0.1, 0.15) is 0 Å². The number of fused-ring (bicyclic) bond motifs is 1. The van der Waals surface area contributed by atoms with Crippen LogP contribution < -0.4 is 5.32 Å². The zero-order valence-electron chi connectivity index (χ0n) is 5.61. The van der Waals surface area contributed by atoms with Crippen LogP contribution in [0.2, 0.25) is 0 Å². The van der Waals surface area contributed by atoms with Gasteiger partial charge in [0, 0.05) is 12.0 Å². The van der Waals surface area contributed by atoms with E-state index >= 15 is 0 Å². The predicted octanol–water partition coefficient (Wildman–Crippen LogP) is 0.532. The molecule has 2 unspecified atom stereocenters. The zero-order chi connectivity index (χ0) is 6.48. The Bertz CT molecular complexity index is 166. The van der Waals surface area contributed by atoms with Gasteiger partial charge in [0.15, 0.2) is 0 Å². The van der Waals surface area contributed by atoms with Crippen LogP contribution in [0, 0.1) is 11.3 Å². The summed E-state index contributed by atoms with van der Waals surface area (Å²) in [6, 6.07) is 0. The highest BCUT2D eigenvalue weighted by Gasteiger charge is 2.57. The fraction of sp³-hybridized carbons (Fsp3) is 0.857. The average molecular weight is 125 g/mol. The van der Waals surface area contributed by atoms with Crippen LogP contribution in [-0.4, -0.2) is 12.5 Å². The molecule has 2 atom stereocenters. The molecule has 50 valence electrons. The topological polar surface area (TPSA) is 29.1 Å². The van der Waals surface area contributed by atoms with Crippen LogP contribution in [0.1, 0.15) is 19.8 Å². The quantitative estimate of drug-likeness (QED) is 0.502. The number of hydrogen-bond acceptors (Lipinski definition) is 1. The third-order valence-electron chi connectivity index (χ3n) is 2.71. The van der Waals surface area contributed by atoms with Crippen molar-refractivity contribution in [2.45, 2.75) is 19.8 Å². The monoisotopic (exact) mass is 125 g/mol. The van der Waals surface area contributed by atoms with E-state index in [1.807, 2.05) is 0 Å². The van der Waals surface area contributed by atoms with Crippen LogP contribution in [0.5, 0.6) is 0 Å². The maximum absolute atomic E-state index is 11.0. The summed E-state index contributed by atoms with van der Waals surface area (Å²) in [5.41, 5.74) is 0.0538. The van der Waals surface area contributed by atoms with Crippen LogP contribution >= 0.6 is 0 Å². The number of nitrogens with one attached hydrogen (secondary N) is 1. The Morgan fingerprint density at radius 3 is 3.11 bits per heavy atom. The van der Waals surface area contributed by atoms with E-state index in [4.69, 9.17) is 0 Å². The standard InChI is InChI=1S/C7H11NO/c1-7-4-5(7)2-3-8-6(7)9/h5H,2-4H2,1H3,(H,8,9). The molecule has 0 radical (unpaired) electrons. The minimum absolute atomic E-state index is 0.0538. The summed E-state index contributed by atoms with van der Waals surface area (Å²) in [6.45, 7) is 2.96. The molecule has 2 nitrogen and oxygen atoms in total. The van der Waals surface area contributed by atoms with E-state index in [2.05, 4.69) is 12.2 Å². The molecule has 2 fully saturated rings. The summed E-state index contributed by atoms with van der Waals surface area (Å²) in [6.07, 6.45) is 2.32. The van der Waals surface area contributed by atoms with Crippen LogP contribution in [0.3, 0.4) is 0 Å². The number of amides is 1. The molecule has 1 aliphatic heterocycles. The van der Waals surface area contributed by atoms with E-state index in [0.29, 0.717) is 5.92 Å². The molecule has 1 heterocycles. The molecule has 0 aromatic carbocycles. The normalized spacial score (nSPS) is 47.7. The van der Waals surface area contributed by atoms with Gasteiger partial charge in [-0.3, -0.25) is 4.79 Å². The van der Waals surface area contributed by atoms with Gasteiger partial charge in [0.2, 0.25) is 5.91 Å². The SMILES string of the molecule is CC12CC1CCNC2=O. The first-order valence-electron chi connectivity index (χ1n) is 3.52. The molecule has 1 saturated carbocycles. The van der Waals surface area contributed by atoms with Gasteiger partial charge in [0.05, 0.1) is 0 Å². The summed E-state index contributed by atoms with van der Waals surface area (Å²) < 4.78 is 0. The molecule has 2 aliphatic rings. The number of carbonyl (C=O) groups excluding carboxylic acids is 1. The summed E-state index contributed by atoms with van der Waals surface area (Å²) in [4.78, 5) is 11.0. The van der Waals surface area contributed by atoms with Crippen molar-refractivity contribution in [3.05, 3.63) is 0 Å². The van der Waals surface area contributed by atoms with E-state index in [9.17, 15) is 4.79 Å². The lowest BCUT2D eigenvalue weighted by Crippen LogP contribution is -2.36. The van der Waals surface area contributed by atoms with E-state index in [1.54, 1.807) is 0 Å². The third kappa shape index (κ3) is 0.533. The van der Waals surface area contributed by atoms with Crippen molar-refractivity contribution in [2.75, 3.05) is 6.54 Å². The van der Waals surface area contributed by atoms with Gasteiger partial charge in [-0.25, -0.2) is 0 Å². The first-order chi connectivity index (χ1) is 4.23. The first-order valence-corrected chi connectivity index (χ1v) is 3.52. The van der Waals surface area contributed by atoms with Gasteiger partial charge in [-0.05, 0) is 18.8 Å². The second kappa shape index (κ2) is 1.31. The highest BCUT2D eigenvalue weighted by atomic mass is 16.2. The Labute approximate surface area is 54.6 Å². The fourth-order valence-electron chi connectivity index (χ4n) is 1.71. The highest BCUT2D eigenvalue weighted by Crippen LogP contribution is 2.55. The van der Waals surface area contributed by atoms with Gasteiger partial charge in [0.25, 0.3) is 0 Å². The van der Waals surface area contributed by atoms with Crippen molar-refractivity contribution in [1.29, 1.82) is 0 Å². The van der Waals surface area contributed by atoms with Gasteiger partial charge in [-0.2, -0.15) is 0 Å². The Hall–Kier alpha value is -0.530. The molecule has 2 heteroatoms. The van der Waals surface area contributed by atoms with E-state index in [1.165, 1.54) is 6.42 Å². The van der Waals surface area contributed by atoms with Crippen molar-refractivity contribution in [3.63, 3.8) is 0 Å². The Morgan fingerprint density at radius 1 is 1.78 bits per heavy atom. The minimum Gasteiger partial charge on any atom is -0.356 e. The number of piperidine rings is 1. The summed E-state index contributed by atoms with van der Waals surface area (Å²) in [7, 11) is 0. The molecule has 0 bridgehead atoms. The lowest BCUT2D eigenvalue weighted by atomic mass is 10.0. The predicted molar refractivity (Wildman–Crippen MR) is 33.8 cm³/mol. The smallest absolute Gasteiger partial charge is 0.226 e. The second-order valence-electron chi connectivity index (χ2n) is 3.36. The van der Waals surface area contributed by atoms with Crippen LogP contribution in [0.4, 0.5) is 0 Å². The molecular weight excluding hydrogens is 114 g/mol. The van der Waals surface area contributed by atoms with Gasteiger partial charge < -0.3 is 5.32 Å². The molecule has 0 aromatic heterocycles. The van der Waals surface area contributed by atoms with Crippen molar-refractivity contribution >= 4 is 5.91 Å². The fourth-order valence-corrected chi connectivity index (χ4v) is 1.71. The summed E-state index contributed by atoms with van der Waals surface area (Å²) in [5, 5.41) is 2.88. The minimum atomic E-state index is 0.0538. The molecule has 1 N–H and O–H groups in total. The maximum atomic E-state index is 11.0. The maximum Gasteiger partial charge on any atom is 0.226 e. The highest BCUT2D eigenvalue weighted by molar-refractivity contribution is 5.86. The number of hydrogen-bond donors (Lipinski definition) is 1. The Kier molecular flexibility index (Phi) is 0.765. The summed E-state index contributed by atoms with van der Waals surface area (Å²) in [5.74, 6) is 0.991. The number of carbonyl (C=O) groups is 1. The average Bonchev–Trinajstić information content (AvgIpc) is 2.44. The van der Waals surface area contributed by atoms with Crippen LogP contribution in [-0.2, 0) is 4.79 Å². The van der Waals surface area contributed by atoms with Crippen LogP contribution in [0.25, 0.3) is 0 Å². The van der Waals surface area contributed by atoms with Gasteiger partial charge >= 0.3 is 0 Å². The van der Waals surface area contributed by atoms with Crippen molar-refractivity contribution < 1.29 is 4.79 Å². The van der Waals surface area contributed by atoms with Crippen molar-refractivity contribution in [2.24, 2.45) is 11.3 Å². The molecule has 1 aliphatic carbocycles. The summed E-state index contributed by atoms with van der Waals surface area (Å²) >= 11 is 0. The molecule has 0 aromatic rings. The van der Waals surface area contributed by atoms with Crippen molar-refractivity contribution in [3.8, 4) is 0 Å². The lowest BCUT2D eigenvalue weighted by molar-refractivity contribution is -0.127. The second-order valence-corrected chi connectivity index (χ2v) is 3.36. The molecule has 2 rings (SSSR count). The Morgan fingerprint density at radius 2 is 2.56 bits per heavy atom. The molecule has 1 saturated heterocycles. The van der Waals surface area contributed by atoms with E-state index in [-0.39, 0.29) is 11.3 Å². The zero-order valence-corrected chi connectivity index (χ0v) is 5.61. The largest absolute Gasteiger partial charge is 0.356 e. The van der Waals surface area contributed by atoms with Gasteiger partial charge in [-0.1, -0.05) is 6.92 Å². The lowest BCUT2D eigenvalue weighted by Gasteiger charge is -2.16. The van der Waals surface area contributed by atoms with Crippen LogP contribution in [0.15, 0.2) is 0 Å². The van der Waals surface area contributed by atoms with Gasteiger partial charge in [-0.15, -0.1) is 0 Å². The van der Waals surface area contributed by atoms with Crippen molar-refractivity contribution in [1.82, 2.24) is 5.32 Å². The van der Waals surface area contributed by atoms with E-state index in [0.717, 1.165) is 13.0 Å². The molecular formula is C7H11NO. The Balaban J connectivity index is 2.19. The first kappa shape index (κ1) is 5.27.